The van der Waals surface area contributed by atoms with E-state index in [0.717, 1.165) is 83.4 Å². The SMILES string of the molecule is CC(=O)O.COc1ccc(Cn2nc(NC3CCCCC3)c3c(Oc4ccc(C(=O)Nc5nc(C)cs5)cc4)ccnc32)cc1.Cc1csc(NC(=O)c2ccc(Oc3ccnc4[nH]nc(NC5CCCCC5)c34)cc2)n1. The number of carbonyl (C=O) groups is 3. The molecular weight excluding hydrogens is 1020 g/mol. The van der Waals surface area contributed by atoms with E-state index in [1.807, 2.05) is 65.7 Å². The Balaban J connectivity index is 0.000000180. The third-order valence-corrected chi connectivity index (χ3v) is 14.5. The van der Waals surface area contributed by atoms with E-state index in [1.165, 1.54) is 61.2 Å². The predicted molar refractivity (Wildman–Crippen MR) is 300 cm³/mol. The summed E-state index contributed by atoms with van der Waals surface area (Å²) < 4.78 is 19.8. The van der Waals surface area contributed by atoms with Crippen LogP contribution in [0.15, 0.2) is 108 Å². The van der Waals surface area contributed by atoms with Gasteiger partial charge in [0, 0.05) is 65.4 Å². The van der Waals surface area contributed by atoms with Crippen molar-refractivity contribution in [3.05, 3.63) is 136 Å². The number of nitrogens with one attached hydrogen (secondary N) is 5. The summed E-state index contributed by atoms with van der Waals surface area (Å²) >= 11 is 2.81. The summed E-state index contributed by atoms with van der Waals surface area (Å²) in [5.41, 5.74) is 5.33. The molecule has 6 N–H and O–H groups in total. The normalized spacial score (nSPS) is 13.6. The molecule has 0 saturated heterocycles. The first kappa shape index (κ1) is 53.4. The summed E-state index contributed by atoms with van der Waals surface area (Å²) in [4.78, 5) is 51.8. The number of pyridine rings is 2. The van der Waals surface area contributed by atoms with E-state index in [9.17, 15) is 9.59 Å². The monoisotopic (exact) mass is 1080 g/mol. The molecule has 11 rings (SSSR count). The van der Waals surface area contributed by atoms with Crippen LogP contribution in [-0.4, -0.2) is 82.0 Å². The second kappa shape index (κ2) is 25.4. The molecule has 2 aliphatic rings. The van der Waals surface area contributed by atoms with Gasteiger partial charge < -0.3 is 30.0 Å². The van der Waals surface area contributed by atoms with E-state index >= 15 is 0 Å². The van der Waals surface area contributed by atoms with E-state index in [0.29, 0.717) is 68.7 Å². The fourth-order valence-electron chi connectivity index (χ4n) is 9.03. The molecule has 2 saturated carbocycles. The standard InChI is InChI=1S/C31H32N6O3S.C23H24N6O2S.C2H4O2/c1-20-19-41-31(33-20)35-30(38)22-10-14-25(15-11-22)40-26-16-17-32-29-27(26)28(34-23-6-4-3-5-7-23)36-37(29)18-21-8-12-24(39-2)13-9-21;1-14-13-32-23(25-14)27-22(30)15-7-9-17(10-8-15)31-18-11-12-24-20-19(18)21(29-28-20)26-16-5-3-2-4-6-16;1-2(3)4/h8-17,19,23H,3-7,18H2,1-2H3,(H,34,36)(H,33,35,38);7-13,16H,2-6H2,1H3,(H,25,27,30)(H2,24,26,28,29);1H3,(H,3,4). The maximum absolute atomic E-state index is 12.7. The molecule has 19 nitrogen and oxygen atoms in total. The number of thiazole rings is 2. The molecule has 0 unspecified atom stereocenters. The van der Waals surface area contributed by atoms with Crippen LogP contribution in [0.3, 0.4) is 0 Å². The number of carboxylic acid groups (broad SMARTS) is 1. The largest absolute Gasteiger partial charge is 0.497 e. The van der Waals surface area contributed by atoms with Crippen molar-refractivity contribution < 1.29 is 33.7 Å². The molecule has 21 heteroatoms. The zero-order chi connectivity index (χ0) is 53.7. The number of nitrogens with zero attached hydrogens (tertiary/aromatic N) is 7. The first-order chi connectivity index (χ1) is 37.4. The van der Waals surface area contributed by atoms with Gasteiger partial charge in [-0.15, -0.1) is 22.7 Å². The number of anilines is 4. The van der Waals surface area contributed by atoms with Gasteiger partial charge in [0.2, 0.25) is 0 Å². The Kier molecular flexibility index (Phi) is 17.6. The van der Waals surface area contributed by atoms with Gasteiger partial charge in [0.15, 0.2) is 33.2 Å². The smallest absolute Gasteiger partial charge is 0.300 e. The van der Waals surface area contributed by atoms with E-state index in [2.05, 4.69) is 46.4 Å². The lowest BCUT2D eigenvalue weighted by Gasteiger charge is -2.22. The number of aryl methyl sites for hydroxylation is 2. The third kappa shape index (κ3) is 14.3. The highest BCUT2D eigenvalue weighted by molar-refractivity contribution is 7.14. The predicted octanol–water partition coefficient (Wildman–Crippen LogP) is 12.6. The molecule has 9 aromatic rings. The lowest BCUT2D eigenvalue weighted by molar-refractivity contribution is -0.134. The maximum atomic E-state index is 12.7. The highest BCUT2D eigenvalue weighted by Gasteiger charge is 2.23. The molecule has 2 aliphatic carbocycles. The molecule has 0 spiro atoms. The maximum Gasteiger partial charge on any atom is 0.300 e. The second-order valence-electron chi connectivity index (χ2n) is 18.7. The van der Waals surface area contributed by atoms with Gasteiger partial charge in [-0.2, -0.15) is 10.2 Å². The molecule has 0 bridgehead atoms. The molecule has 0 atom stereocenters. The molecule has 398 valence electrons. The second-order valence-corrected chi connectivity index (χ2v) is 20.4. The van der Waals surface area contributed by atoms with Gasteiger partial charge in [-0.3, -0.25) is 30.1 Å². The molecule has 2 fully saturated rings. The van der Waals surface area contributed by atoms with E-state index in [4.69, 9.17) is 34.2 Å². The van der Waals surface area contributed by atoms with Crippen molar-refractivity contribution in [2.45, 2.75) is 104 Å². The summed E-state index contributed by atoms with van der Waals surface area (Å²) in [7, 11) is 1.66. The number of methoxy groups -OCH3 is 1. The minimum Gasteiger partial charge on any atom is -0.497 e. The van der Waals surface area contributed by atoms with Crippen molar-refractivity contribution in [3.63, 3.8) is 0 Å². The van der Waals surface area contributed by atoms with Gasteiger partial charge in [-0.1, -0.05) is 50.7 Å². The number of carboxylic acids is 1. The van der Waals surface area contributed by atoms with Gasteiger partial charge in [0.25, 0.3) is 17.8 Å². The number of rotatable bonds is 15. The number of fused-ring (bicyclic) bond motifs is 2. The van der Waals surface area contributed by atoms with Crippen LogP contribution in [0.4, 0.5) is 21.9 Å². The quantitative estimate of drug-likeness (QED) is 0.0559. The van der Waals surface area contributed by atoms with Gasteiger partial charge in [0.05, 0.1) is 25.0 Å². The minimum absolute atomic E-state index is 0.203. The van der Waals surface area contributed by atoms with Crippen LogP contribution in [0.1, 0.15) is 109 Å². The minimum atomic E-state index is -0.833. The summed E-state index contributed by atoms with van der Waals surface area (Å²) in [6.07, 6.45) is 15.4. The molecule has 6 aromatic heterocycles. The molecule has 3 aromatic carbocycles. The Morgan fingerprint density at radius 1 is 0.649 bits per heavy atom. The third-order valence-electron chi connectivity index (χ3n) is 12.8. The zero-order valence-corrected chi connectivity index (χ0v) is 44.8. The molecular formula is C56H60N12O7S2. The van der Waals surface area contributed by atoms with Crippen LogP contribution in [0.2, 0.25) is 0 Å². The number of carbonyl (C=O) groups excluding carboxylic acids is 2. The van der Waals surface area contributed by atoms with Crippen molar-refractivity contribution in [2.75, 3.05) is 28.4 Å². The van der Waals surface area contributed by atoms with Crippen LogP contribution in [0.5, 0.6) is 28.7 Å². The zero-order valence-electron chi connectivity index (χ0n) is 43.2. The fourth-order valence-corrected chi connectivity index (χ4v) is 10.4. The van der Waals surface area contributed by atoms with Crippen molar-refractivity contribution in [3.8, 4) is 28.7 Å². The number of benzene rings is 3. The number of aromatic amines is 1. The fraction of sp³-hybridized carbons (Fsp3) is 0.304. The number of aromatic nitrogens is 8. The Labute approximate surface area is 452 Å². The molecule has 2 amide bonds. The Morgan fingerprint density at radius 3 is 1.62 bits per heavy atom. The van der Waals surface area contributed by atoms with Crippen molar-refractivity contribution in [1.82, 2.24) is 39.9 Å². The Morgan fingerprint density at radius 2 is 1.13 bits per heavy atom. The van der Waals surface area contributed by atoms with Crippen molar-refractivity contribution >= 4 is 84.4 Å². The van der Waals surface area contributed by atoms with Crippen LogP contribution < -0.4 is 35.5 Å². The summed E-state index contributed by atoms with van der Waals surface area (Å²) in [5, 5.41) is 39.4. The van der Waals surface area contributed by atoms with E-state index < -0.39 is 5.97 Å². The highest BCUT2D eigenvalue weighted by Crippen LogP contribution is 2.37. The number of hydrogen-bond donors (Lipinski definition) is 6. The van der Waals surface area contributed by atoms with Crippen LogP contribution in [0.25, 0.3) is 22.1 Å². The lowest BCUT2D eigenvalue weighted by Crippen LogP contribution is -2.22. The first-order valence-corrected chi connectivity index (χ1v) is 27.3. The Bertz CT molecular complexity index is 3410. The number of H-pyrrole nitrogens is 1. The number of ether oxygens (including phenoxy) is 3. The van der Waals surface area contributed by atoms with Crippen LogP contribution in [-0.2, 0) is 11.3 Å². The summed E-state index contributed by atoms with van der Waals surface area (Å²) in [5.74, 6) is 3.68. The average molecular weight is 1080 g/mol. The number of hydrogen-bond acceptors (Lipinski definition) is 16. The highest BCUT2D eigenvalue weighted by atomic mass is 32.1. The van der Waals surface area contributed by atoms with Crippen LogP contribution >= 0.6 is 22.7 Å². The van der Waals surface area contributed by atoms with Gasteiger partial charge >= 0.3 is 0 Å². The molecule has 77 heavy (non-hydrogen) atoms. The van der Waals surface area contributed by atoms with Gasteiger partial charge in [0.1, 0.15) is 39.5 Å². The average Bonchev–Trinajstić information content (AvgIpc) is 4.28. The lowest BCUT2D eigenvalue weighted by atomic mass is 9.95. The van der Waals surface area contributed by atoms with Gasteiger partial charge in [-0.25, -0.2) is 24.6 Å². The van der Waals surface area contributed by atoms with E-state index in [-0.39, 0.29) is 11.8 Å². The number of amides is 2. The molecule has 0 radical (unpaired) electrons. The van der Waals surface area contributed by atoms with Crippen molar-refractivity contribution in [1.29, 1.82) is 0 Å². The van der Waals surface area contributed by atoms with Crippen LogP contribution in [0, 0.1) is 13.8 Å². The number of aliphatic carboxylic acids is 1. The Hall–Kier alpha value is -8.43. The van der Waals surface area contributed by atoms with Crippen molar-refractivity contribution in [2.24, 2.45) is 0 Å². The topological polar surface area (TPSA) is 245 Å². The first-order valence-electron chi connectivity index (χ1n) is 25.5. The molecule has 0 aliphatic heterocycles. The summed E-state index contributed by atoms with van der Waals surface area (Å²) in [6, 6.07) is 26.6. The van der Waals surface area contributed by atoms with E-state index in [1.54, 1.807) is 68.0 Å². The van der Waals surface area contributed by atoms with Gasteiger partial charge in [-0.05, 0) is 106 Å². The molecule has 6 heterocycles. The summed E-state index contributed by atoms with van der Waals surface area (Å²) in [6.45, 7) is 5.43.